The Morgan fingerprint density at radius 1 is 1.13 bits per heavy atom. The number of hydrogen-bond donors (Lipinski definition) is 1. The molecule has 0 aliphatic rings. The van der Waals surface area contributed by atoms with Crippen molar-refractivity contribution in [3.63, 3.8) is 0 Å². The molecule has 0 rings (SSSR count). The predicted octanol–water partition coefficient (Wildman–Crippen LogP) is -0.724. The second-order valence-corrected chi connectivity index (χ2v) is 6.02. The molecule has 0 aliphatic heterocycles. The summed E-state index contributed by atoms with van der Waals surface area (Å²) in [6.45, 7) is 5.28. The zero-order chi connectivity index (χ0) is 18.2. The summed E-state index contributed by atoms with van der Waals surface area (Å²) in [5, 5.41) is 2.27. The van der Waals surface area contributed by atoms with Gasteiger partial charge in [-0.05, 0) is 26.9 Å². The van der Waals surface area contributed by atoms with Crippen molar-refractivity contribution in [2.24, 2.45) is 5.92 Å². The Bertz CT molecular complexity index is 425. The number of esters is 1. The topological polar surface area (TPSA) is 96.0 Å². The number of hydrogen-bond acceptors (Lipinski definition) is 6. The summed E-state index contributed by atoms with van der Waals surface area (Å²) < 4.78 is 5.26. The summed E-state index contributed by atoms with van der Waals surface area (Å²) in [5.41, 5.74) is 0. The fourth-order valence-corrected chi connectivity index (χ4v) is 2.10. The van der Waals surface area contributed by atoms with Gasteiger partial charge in [0.05, 0.1) is 6.54 Å². The molecule has 1 N–H and O–H groups in total. The summed E-state index contributed by atoms with van der Waals surface area (Å²) in [4.78, 5) is 48.9. The minimum absolute atomic E-state index is 0.167. The number of nitrogens with one attached hydrogen (secondary N) is 1. The van der Waals surface area contributed by atoms with Gasteiger partial charge < -0.3 is 24.6 Å². The smallest absolute Gasteiger partial charge is 0.329 e. The maximum absolute atomic E-state index is 12.4. The van der Waals surface area contributed by atoms with Crippen molar-refractivity contribution in [2.45, 2.75) is 39.0 Å². The van der Waals surface area contributed by atoms with Gasteiger partial charge in [0.2, 0.25) is 12.3 Å². The van der Waals surface area contributed by atoms with E-state index in [1.54, 1.807) is 39.9 Å². The number of ether oxygens (including phenoxy) is 1. The normalized spacial score (nSPS) is 14.8. The van der Waals surface area contributed by atoms with Crippen LogP contribution in [0, 0.1) is 5.92 Å². The zero-order valence-electron chi connectivity index (χ0n) is 14.6. The number of amides is 2. The number of carbonyl (C=O) groups is 4. The molecule has 8 nitrogen and oxygen atoms in total. The first-order valence-corrected chi connectivity index (χ1v) is 7.41. The highest BCUT2D eigenvalue weighted by molar-refractivity contribution is 5.85. The summed E-state index contributed by atoms with van der Waals surface area (Å²) in [6, 6.07) is -1.69. The van der Waals surface area contributed by atoms with Crippen LogP contribution in [0.1, 0.15) is 20.8 Å². The van der Waals surface area contributed by atoms with Crippen molar-refractivity contribution in [1.82, 2.24) is 15.1 Å². The Labute approximate surface area is 137 Å². The van der Waals surface area contributed by atoms with Crippen molar-refractivity contribution < 1.29 is 23.9 Å². The molecule has 0 bridgehead atoms. The van der Waals surface area contributed by atoms with Crippen LogP contribution in [-0.2, 0) is 23.9 Å². The van der Waals surface area contributed by atoms with Gasteiger partial charge in [0.25, 0.3) is 0 Å². The number of likely N-dealkylation sites (N-methyl/N-ethyl adjacent to an activating group) is 2. The third-order valence-electron chi connectivity index (χ3n) is 3.35. The minimum Gasteiger partial charge on any atom is -0.458 e. The van der Waals surface area contributed by atoms with E-state index < -0.39 is 24.2 Å². The molecule has 0 fully saturated rings. The lowest BCUT2D eigenvalue weighted by molar-refractivity contribution is -0.161. The van der Waals surface area contributed by atoms with Crippen LogP contribution < -0.4 is 5.32 Å². The van der Waals surface area contributed by atoms with Gasteiger partial charge in [0, 0.05) is 7.05 Å². The zero-order valence-corrected chi connectivity index (χ0v) is 14.6. The molecule has 132 valence electrons. The van der Waals surface area contributed by atoms with E-state index in [2.05, 4.69) is 5.32 Å². The van der Waals surface area contributed by atoms with Crippen molar-refractivity contribution in [3.05, 3.63) is 0 Å². The van der Waals surface area contributed by atoms with Gasteiger partial charge in [-0.15, -0.1) is 0 Å². The van der Waals surface area contributed by atoms with Crippen LogP contribution in [0.5, 0.6) is 0 Å². The van der Waals surface area contributed by atoms with Gasteiger partial charge in [-0.3, -0.25) is 9.59 Å². The monoisotopic (exact) mass is 329 g/mol. The third kappa shape index (κ3) is 6.77. The van der Waals surface area contributed by atoms with Gasteiger partial charge in [0.1, 0.15) is 24.5 Å². The molecule has 0 aliphatic carbocycles. The molecule has 2 amide bonds. The standard InChI is InChI=1S/C15H27N3O5/c1-10(2)14(18(6)13(21)7-17(4)5)15(22)23-11(3)12(8-19)16-9-20/h8-12,14H,7H2,1-6H3,(H,16,20). The Hall–Kier alpha value is -1.96. The Balaban J connectivity index is 5.02. The molecule has 0 heterocycles. The molecule has 0 spiro atoms. The van der Waals surface area contributed by atoms with E-state index in [9.17, 15) is 19.2 Å². The Kier molecular flexibility index (Phi) is 9.09. The Morgan fingerprint density at radius 2 is 1.70 bits per heavy atom. The molecule has 3 unspecified atom stereocenters. The van der Waals surface area contributed by atoms with Gasteiger partial charge in [-0.25, -0.2) is 4.79 Å². The number of nitrogens with zero attached hydrogens (tertiary/aromatic N) is 2. The first-order chi connectivity index (χ1) is 10.6. The average molecular weight is 329 g/mol. The SMILES string of the molecule is CC(C)C(C(=O)OC(C)C(C=O)NC=O)N(C)C(=O)CN(C)C. The van der Waals surface area contributed by atoms with Crippen LogP contribution in [0.2, 0.25) is 0 Å². The summed E-state index contributed by atoms with van der Waals surface area (Å²) in [5.74, 6) is -0.988. The lowest BCUT2D eigenvalue weighted by Crippen LogP contribution is -2.51. The fraction of sp³-hybridized carbons (Fsp3) is 0.733. The molecular formula is C15H27N3O5. The molecule has 8 heteroatoms. The highest BCUT2D eigenvalue weighted by atomic mass is 16.5. The maximum Gasteiger partial charge on any atom is 0.329 e. The highest BCUT2D eigenvalue weighted by Crippen LogP contribution is 2.13. The maximum atomic E-state index is 12.4. The average Bonchev–Trinajstić information content (AvgIpc) is 2.43. The molecule has 0 saturated carbocycles. The van der Waals surface area contributed by atoms with Crippen LogP contribution >= 0.6 is 0 Å². The van der Waals surface area contributed by atoms with Gasteiger partial charge in [-0.1, -0.05) is 13.8 Å². The second kappa shape index (κ2) is 9.94. The third-order valence-corrected chi connectivity index (χ3v) is 3.35. The van der Waals surface area contributed by atoms with Crippen LogP contribution in [0.25, 0.3) is 0 Å². The van der Waals surface area contributed by atoms with Crippen LogP contribution in [0.4, 0.5) is 0 Å². The fourth-order valence-electron chi connectivity index (χ4n) is 2.10. The predicted molar refractivity (Wildman–Crippen MR) is 84.6 cm³/mol. The molecule has 0 radical (unpaired) electrons. The Morgan fingerprint density at radius 3 is 2.09 bits per heavy atom. The molecule has 0 aromatic heterocycles. The van der Waals surface area contributed by atoms with E-state index in [4.69, 9.17) is 4.74 Å². The second-order valence-electron chi connectivity index (χ2n) is 6.02. The first-order valence-electron chi connectivity index (χ1n) is 7.41. The van der Waals surface area contributed by atoms with E-state index in [1.165, 1.54) is 11.8 Å². The number of aldehydes is 1. The largest absolute Gasteiger partial charge is 0.458 e. The lowest BCUT2D eigenvalue weighted by Gasteiger charge is -2.31. The van der Waals surface area contributed by atoms with Crippen molar-refractivity contribution >= 4 is 24.6 Å². The lowest BCUT2D eigenvalue weighted by atomic mass is 10.0. The van der Waals surface area contributed by atoms with Crippen molar-refractivity contribution in [1.29, 1.82) is 0 Å². The number of carbonyl (C=O) groups excluding carboxylic acids is 4. The van der Waals surface area contributed by atoms with Crippen LogP contribution in [0.3, 0.4) is 0 Å². The van der Waals surface area contributed by atoms with E-state index in [1.807, 2.05) is 0 Å². The van der Waals surface area contributed by atoms with E-state index in [-0.39, 0.29) is 18.4 Å². The molecule has 0 aromatic rings. The van der Waals surface area contributed by atoms with Gasteiger partial charge >= 0.3 is 5.97 Å². The highest BCUT2D eigenvalue weighted by Gasteiger charge is 2.33. The van der Waals surface area contributed by atoms with Gasteiger partial charge in [0.15, 0.2) is 0 Å². The quantitative estimate of drug-likeness (QED) is 0.420. The summed E-state index contributed by atoms with van der Waals surface area (Å²) >= 11 is 0. The molecule has 0 aromatic carbocycles. The molecule has 23 heavy (non-hydrogen) atoms. The molecule has 3 atom stereocenters. The van der Waals surface area contributed by atoms with Crippen LogP contribution in [-0.4, -0.2) is 80.2 Å². The van der Waals surface area contributed by atoms with E-state index in [0.29, 0.717) is 12.7 Å². The van der Waals surface area contributed by atoms with Crippen LogP contribution in [0.15, 0.2) is 0 Å². The van der Waals surface area contributed by atoms with E-state index >= 15 is 0 Å². The van der Waals surface area contributed by atoms with Crippen molar-refractivity contribution in [2.75, 3.05) is 27.7 Å². The van der Waals surface area contributed by atoms with E-state index in [0.717, 1.165) is 0 Å². The van der Waals surface area contributed by atoms with Gasteiger partial charge in [-0.2, -0.15) is 0 Å². The molecular weight excluding hydrogens is 302 g/mol. The molecule has 0 saturated heterocycles. The first kappa shape index (κ1) is 21.0. The minimum atomic E-state index is -0.924. The summed E-state index contributed by atoms with van der Waals surface area (Å²) in [6.07, 6.45) is 0.0389. The number of rotatable bonds is 10. The summed E-state index contributed by atoms with van der Waals surface area (Å²) in [7, 11) is 5.07. The van der Waals surface area contributed by atoms with Crippen molar-refractivity contribution in [3.8, 4) is 0 Å².